The van der Waals surface area contributed by atoms with E-state index in [0.717, 1.165) is 37.7 Å². The zero-order chi connectivity index (χ0) is 13.6. The predicted molar refractivity (Wildman–Crippen MR) is 79.5 cm³/mol. The van der Waals surface area contributed by atoms with Crippen LogP contribution >= 0.6 is 11.6 Å². The van der Waals surface area contributed by atoms with E-state index < -0.39 is 0 Å². The molecule has 3 atom stereocenters. The van der Waals surface area contributed by atoms with Crippen molar-refractivity contribution in [3.8, 4) is 5.75 Å². The van der Waals surface area contributed by atoms with Crippen LogP contribution in [0.15, 0.2) is 24.3 Å². The summed E-state index contributed by atoms with van der Waals surface area (Å²) in [6, 6.07) is 8.44. The van der Waals surface area contributed by atoms with Gasteiger partial charge in [-0.2, -0.15) is 0 Å². The van der Waals surface area contributed by atoms with Crippen LogP contribution in [0.2, 0.25) is 0 Å². The first-order valence-electron chi connectivity index (χ1n) is 7.72. The fourth-order valence-electron chi connectivity index (χ4n) is 4.05. The van der Waals surface area contributed by atoms with E-state index in [1.807, 2.05) is 6.07 Å². The van der Waals surface area contributed by atoms with Crippen molar-refractivity contribution in [1.29, 1.82) is 0 Å². The molecule has 108 valence electrons. The molecule has 1 saturated carbocycles. The normalized spacial score (nSPS) is 35.9. The second-order valence-corrected chi connectivity index (χ2v) is 6.89. The van der Waals surface area contributed by atoms with Crippen molar-refractivity contribution in [3.63, 3.8) is 0 Å². The summed E-state index contributed by atoms with van der Waals surface area (Å²) in [5.41, 5.74) is 1.52. The highest BCUT2D eigenvalue weighted by atomic mass is 35.5. The highest BCUT2D eigenvalue weighted by Gasteiger charge is 2.51. The first-order valence-corrected chi connectivity index (χ1v) is 8.25. The van der Waals surface area contributed by atoms with Gasteiger partial charge in [0.25, 0.3) is 0 Å². The van der Waals surface area contributed by atoms with E-state index in [2.05, 4.69) is 18.2 Å². The van der Waals surface area contributed by atoms with Crippen LogP contribution in [0.25, 0.3) is 0 Å². The van der Waals surface area contributed by atoms with Gasteiger partial charge in [0, 0.05) is 29.4 Å². The molecule has 20 heavy (non-hydrogen) atoms. The molecule has 3 heteroatoms. The average Bonchev–Trinajstić information content (AvgIpc) is 3.12. The first-order chi connectivity index (χ1) is 9.82. The summed E-state index contributed by atoms with van der Waals surface area (Å²) >= 11 is 6.42. The second kappa shape index (κ2) is 4.92. The summed E-state index contributed by atoms with van der Waals surface area (Å²) < 4.78 is 11.9. The van der Waals surface area contributed by atoms with Crippen LogP contribution in [0.5, 0.6) is 5.75 Å². The van der Waals surface area contributed by atoms with Gasteiger partial charge in [-0.15, -0.1) is 11.6 Å². The maximum absolute atomic E-state index is 6.42. The molecule has 0 radical (unpaired) electrons. The van der Waals surface area contributed by atoms with Gasteiger partial charge in [0.1, 0.15) is 5.75 Å². The third-order valence-corrected chi connectivity index (χ3v) is 5.80. The number of fused-ring (bicyclic) bond motifs is 1. The van der Waals surface area contributed by atoms with Crippen LogP contribution in [0.4, 0.5) is 0 Å². The maximum atomic E-state index is 6.42. The van der Waals surface area contributed by atoms with Crippen LogP contribution in [0, 0.1) is 11.3 Å². The molecule has 4 rings (SSSR count). The number of para-hydroxylation sites is 1. The number of hydrogen-bond acceptors (Lipinski definition) is 2. The van der Waals surface area contributed by atoms with E-state index >= 15 is 0 Å². The van der Waals surface area contributed by atoms with E-state index in [1.165, 1.54) is 18.4 Å². The molecule has 1 aromatic carbocycles. The molecular formula is C17H21ClO2. The quantitative estimate of drug-likeness (QED) is 0.782. The molecule has 3 aliphatic rings. The fourth-order valence-corrected chi connectivity index (χ4v) is 4.44. The molecule has 1 aliphatic carbocycles. The first kappa shape index (κ1) is 13.0. The molecule has 0 bridgehead atoms. The Kier molecular flexibility index (Phi) is 3.19. The summed E-state index contributed by atoms with van der Waals surface area (Å²) in [6.45, 7) is 1.68. The summed E-state index contributed by atoms with van der Waals surface area (Å²) in [6.07, 6.45) is 5.24. The monoisotopic (exact) mass is 292 g/mol. The average molecular weight is 293 g/mol. The van der Waals surface area contributed by atoms with E-state index in [0.29, 0.717) is 17.9 Å². The third-order valence-electron chi connectivity index (χ3n) is 5.27. The van der Waals surface area contributed by atoms with Crippen LogP contribution < -0.4 is 4.74 Å². The van der Waals surface area contributed by atoms with Crippen molar-refractivity contribution in [1.82, 2.24) is 0 Å². The highest BCUT2D eigenvalue weighted by Crippen LogP contribution is 2.53. The molecule has 3 unspecified atom stereocenters. The molecule has 1 saturated heterocycles. The second-order valence-electron chi connectivity index (χ2n) is 6.62. The van der Waals surface area contributed by atoms with E-state index in [4.69, 9.17) is 21.1 Å². The molecule has 0 spiro atoms. The largest absolute Gasteiger partial charge is 0.493 e. The van der Waals surface area contributed by atoms with Gasteiger partial charge in [-0.1, -0.05) is 18.2 Å². The number of alkyl halides is 1. The standard InChI is InChI=1S/C17H21ClO2/c18-11-17(7-8-19-16(17)12-5-6-12)9-13-10-20-15-4-2-1-3-14(13)15/h1-4,12-13,16H,5-11H2. The van der Waals surface area contributed by atoms with Gasteiger partial charge < -0.3 is 9.47 Å². The zero-order valence-electron chi connectivity index (χ0n) is 11.7. The van der Waals surface area contributed by atoms with Crippen molar-refractivity contribution >= 4 is 11.6 Å². The SMILES string of the molecule is ClCC1(CC2COc3ccccc32)CCOC1C1CC1. The van der Waals surface area contributed by atoms with Crippen LogP contribution in [0.3, 0.4) is 0 Å². The molecule has 0 aromatic heterocycles. The van der Waals surface area contributed by atoms with Gasteiger partial charge >= 0.3 is 0 Å². The van der Waals surface area contributed by atoms with Gasteiger partial charge in [-0.05, 0) is 37.7 Å². The van der Waals surface area contributed by atoms with Crippen molar-refractivity contribution in [2.75, 3.05) is 19.1 Å². The Balaban J connectivity index is 1.58. The van der Waals surface area contributed by atoms with Gasteiger partial charge in [0.15, 0.2) is 0 Å². The third kappa shape index (κ3) is 2.05. The van der Waals surface area contributed by atoms with Crippen molar-refractivity contribution < 1.29 is 9.47 Å². The van der Waals surface area contributed by atoms with Gasteiger partial charge in [0.2, 0.25) is 0 Å². The maximum Gasteiger partial charge on any atom is 0.122 e. The fraction of sp³-hybridized carbons (Fsp3) is 0.647. The molecule has 0 amide bonds. The molecule has 0 N–H and O–H groups in total. The van der Waals surface area contributed by atoms with Gasteiger partial charge in [0.05, 0.1) is 12.7 Å². The van der Waals surface area contributed by atoms with Crippen LogP contribution in [-0.4, -0.2) is 25.2 Å². The lowest BCUT2D eigenvalue weighted by Crippen LogP contribution is -2.36. The minimum atomic E-state index is 0.161. The predicted octanol–water partition coefficient (Wildman–Crippen LogP) is 3.98. The molecule has 2 heterocycles. The zero-order valence-corrected chi connectivity index (χ0v) is 12.4. The Morgan fingerprint density at radius 3 is 2.90 bits per heavy atom. The minimum Gasteiger partial charge on any atom is -0.493 e. The summed E-state index contributed by atoms with van der Waals surface area (Å²) in [7, 11) is 0. The van der Waals surface area contributed by atoms with Crippen LogP contribution in [-0.2, 0) is 4.74 Å². The lowest BCUT2D eigenvalue weighted by Gasteiger charge is -2.34. The Labute approximate surface area is 125 Å². The van der Waals surface area contributed by atoms with Crippen LogP contribution in [0.1, 0.15) is 37.2 Å². The Morgan fingerprint density at radius 1 is 1.25 bits per heavy atom. The minimum absolute atomic E-state index is 0.161. The summed E-state index contributed by atoms with van der Waals surface area (Å²) in [4.78, 5) is 0. The molecule has 2 nitrogen and oxygen atoms in total. The highest BCUT2D eigenvalue weighted by molar-refractivity contribution is 6.18. The molecular weight excluding hydrogens is 272 g/mol. The van der Waals surface area contributed by atoms with Gasteiger partial charge in [-0.25, -0.2) is 0 Å². The van der Waals surface area contributed by atoms with Crippen molar-refractivity contribution in [3.05, 3.63) is 29.8 Å². The Morgan fingerprint density at radius 2 is 2.10 bits per heavy atom. The lowest BCUT2D eigenvalue weighted by molar-refractivity contribution is 0.0325. The van der Waals surface area contributed by atoms with Gasteiger partial charge in [-0.3, -0.25) is 0 Å². The summed E-state index contributed by atoms with van der Waals surface area (Å²) in [5, 5.41) is 0. The summed E-state index contributed by atoms with van der Waals surface area (Å²) in [5.74, 6) is 3.01. The number of ether oxygens (including phenoxy) is 2. The van der Waals surface area contributed by atoms with E-state index in [1.54, 1.807) is 0 Å². The van der Waals surface area contributed by atoms with Crippen molar-refractivity contribution in [2.45, 2.75) is 37.7 Å². The number of rotatable bonds is 4. The number of hydrogen-bond donors (Lipinski definition) is 0. The van der Waals surface area contributed by atoms with E-state index in [-0.39, 0.29) is 5.41 Å². The molecule has 2 fully saturated rings. The Bertz CT molecular complexity index is 500. The van der Waals surface area contributed by atoms with Crippen molar-refractivity contribution in [2.24, 2.45) is 11.3 Å². The lowest BCUT2D eigenvalue weighted by atomic mass is 9.73. The smallest absolute Gasteiger partial charge is 0.122 e. The number of benzene rings is 1. The topological polar surface area (TPSA) is 18.5 Å². The molecule has 2 aliphatic heterocycles. The van der Waals surface area contributed by atoms with E-state index in [9.17, 15) is 0 Å². The number of halogens is 1. The molecule has 1 aromatic rings. The Hall–Kier alpha value is -0.730.